The molecule has 1 saturated heterocycles. The van der Waals surface area contributed by atoms with E-state index in [0.29, 0.717) is 36.4 Å². The van der Waals surface area contributed by atoms with Crippen LogP contribution in [0.3, 0.4) is 0 Å². The number of nitrogens with zero attached hydrogens (tertiary/aromatic N) is 4. The van der Waals surface area contributed by atoms with Gasteiger partial charge < -0.3 is 19.5 Å². The van der Waals surface area contributed by atoms with Crippen molar-refractivity contribution in [2.75, 3.05) is 18.4 Å². The van der Waals surface area contributed by atoms with Crippen molar-refractivity contribution in [3.63, 3.8) is 0 Å². The van der Waals surface area contributed by atoms with Crippen molar-refractivity contribution in [1.29, 1.82) is 0 Å². The first-order valence-corrected chi connectivity index (χ1v) is 9.63. The number of benzene rings is 1. The average molecular weight is 393 g/mol. The van der Waals surface area contributed by atoms with Crippen LogP contribution in [0.1, 0.15) is 36.0 Å². The van der Waals surface area contributed by atoms with Gasteiger partial charge in [-0.25, -0.2) is 9.78 Å². The fourth-order valence-corrected chi connectivity index (χ4v) is 3.29. The maximum atomic E-state index is 12.6. The van der Waals surface area contributed by atoms with E-state index in [1.807, 2.05) is 31.2 Å². The summed E-state index contributed by atoms with van der Waals surface area (Å²) in [7, 11) is 0. The zero-order valence-electron chi connectivity index (χ0n) is 16.5. The lowest BCUT2D eigenvalue weighted by atomic mass is 9.98. The van der Waals surface area contributed by atoms with Crippen LogP contribution in [0.4, 0.5) is 10.5 Å². The number of carbonyl (C=O) groups is 1. The smallest absolute Gasteiger partial charge is 0.321 e. The van der Waals surface area contributed by atoms with Crippen LogP contribution in [0.25, 0.3) is 0 Å². The van der Waals surface area contributed by atoms with Crippen LogP contribution in [-0.4, -0.2) is 39.1 Å². The van der Waals surface area contributed by atoms with Gasteiger partial charge in [0.15, 0.2) is 5.82 Å². The molecule has 1 aliphatic heterocycles. The molecule has 1 N–H and O–H groups in total. The molecule has 2 aromatic heterocycles. The number of likely N-dealkylation sites (tertiary alicyclic amines) is 1. The number of piperidine rings is 1. The molecule has 150 valence electrons. The van der Waals surface area contributed by atoms with Crippen LogP contribution < -0.4 is 10.1 Å². The second-order valence-electron chi connectivity index (χ2n) is 7.20. The summed E-state index contributed by atoms with van der Waals surface area (Å²) in [4.78, 5) is 23.0. The SMILES string of the molecule is Cc1ccc(Oc2ccc(NC(=O)N3CCC[C@H](c4nc(C)no4)C3)cn2)cc1. The van der Waals surface area contributed by atoms with E-state index >= 15 is 0 Å². The Morgan fingerprint density at radius 2 is 2.03 bits per heavy atom. The van der Waals surface area contributed by atoms with Crippen molar-refractivity contribution in [3.05, 3.63) is 59.9 Å². The number of urea groups is 1. The minimum absolute atomic E-state index is 0.0686. The van der Waals surface area contributed by atoms with E-state index in [2.05, 4.69) is 20.4 Å². The largest absolute Gasteiger partial charge is 0.439 e. The van der Waals surface area contributed by atoms with Crippen LogP contribution in [0.2, 0.25) is 0 Å². The maximum Gasteiger partial charge on any atom is 0.321 e. The number of hydrogen-bond acceptors (Lipinski definition) is 6. The van der Waals surface area contributed by atoms with Gasteiger partial charge in [0.1, 0.15) is 5.75 Å². The van der Waals surface area contributed by atoms with Crippen molar-refractivity contribution in [3.8, 4) is 11.6 Å². The van der Waals surface area contributed by atoms with Gasteiger partial charge in [-0.3, -0.25) is 0 Å². The maximum absolute atomic E-state index is 12.6. The summed E-state index contributed by atoms with van der Waals surface area (Å²) in [6.07, 6.45) is 3.41. The minimum Gasteiger partial charge on any atom is -0.439 e. The van der Waals surface area contributed by atoms with Crippen LogP contribution in [-0.2, 0) is 0 Å². The van der Waals surface area contributed by atoms with Crippen LogP contribution >= 0.6 is 0 Å². The van der Waals surface area contributed by atoms with Crippen molar-refractivity contribution < 1.29 is 14.1 Å². The molecule has 0 saturated carbocycles. The van der Waals surface area contributed by atoms with Gasteiger partial charge in [-0.2, -0.15) is 4.98 Å². The third-order valence-corrected chi connectivity index (χ3v) is 4.83. The summed E-state index contributed by atoms with van der Waals surface area (Å²) in [6.45, 7) is 5.06. The number of anilines is 1. The summed E-state index contributed by atoms with van der Waals surface area (Å²) in [6, 6.07) is 11.1. The Labute approximate surface area is 168 Å². The quantitative estimate of drug-likeness (QED) is 0.711. The standard InChI is InChI=1S/C21H23N5O3/c1-14-5-8-18(9-6-14)28-19-10-7-17(12-22-19)24-21(27)26-11-3-4-16(13-26)20-23-15(2)25-29-20/h5-10,12,16H,3-4,11,13H2,1-2H3,(H,24,27)/t16-/m0/s1. The number of amides is 2. The third kappa shape index (κ3) is 4.71. The molecule has 29 heavy (non-hydrogen) atoms. The topological polar surface area (TPSA) is 93.4 Å². The molecule has 0 aliphatic carbocycles. The van der Waals surface area contributed by atoms with Crippen LogP contribution in [0.15, 0.2) is 47.1 Å². The molecule has 8 nitrogen and oxygen atoms in total. The number of carbonyl (C=O) groups excluding carboxylic acids is 1. The first-order valence-electron chi connectivity index (χ1n) is 9.63. The Morgan fingerprint density at radius 3 is 2.72 bits per heavy atom. The van der Waals surface area contributed by atoms with E-state index in [0.717, 1.165) is 24.2 Å². The van der Waals surface area contributed by atoms with E-state index in [1.165, 1.54) is 0 Å². The van der Waals surface area contributed by atoms with Gasteiger partial charge in [-0.15, -0.1) is 0 Å². The lowest BCUT2D eigenvalue weighted by Gasteiger charge is -2.31. The Bertz CT molecular complexity index is 969. The fraction of sp³-hybridized carbons (Fsp3) is 0.333. The molecule has 0 spiro atoms. The molecule has 4 rings (SSSR count). The number of ether oxygens (including phenoxy) is 1. The summed E-state index contributed by atoms with van der Waals surface area (Å²) in [5.74, 6) is 2.46. The van der Waals surface area contributed by atoms with Gasteiger partial charge in [0.25, 0.3) is 0 Å². The van der Waals surface area contributed by atoms with Gasteiger partial charge in [0.2, 0.25) is 11.8 Å². The highest BCUT2D eigenvalue weighted by Gasteiger charge is 2.28. The van der Waals surface area contributed by atoms with Crippen molar-refractivity contribution in [2.45, 2.75) is 32.6 Å². The molecule has 0 bridgehead atoms. The molecular formula is C21H23N5O3. The van der Waals surface area contributed by atoms with Gasteiger partial charge in [0, 0.05) is 19.2 Å². The number of rotatable bonds is 4. The summed E-state index contributed by atoms with van der Waals surface area (Å²) in [5, 5.41) is 6.74. The molecule has 2 amide bonds. The Morgan fingerprint density at radius 1 is 1.21 bits per heavy atom. The molecule has 1 aliphatic rings. The lowest BCUT2D eigenvalue weighted by molar-refractivity contribution is 0.184. The van der Waals surface area contributed by atoms with Gasteiger partial charge in [0.05, 0.1) is 17.8 Å². The zero-order valence-corrected chi connectivity index (χ0v) is 16.5. The minimum atomic E-state index is -0.167. The molecule has 1 atom stereocenters. The second-order valence-corrected chi connectivity index (χ2v) is 7.20. The number of aromatic nitrogens is 3. The van der Waals surface area contributed by atoms with E-state index < -0.39 is 0 Å². The number of aryl methyl sites for hydroxylation is 2. The van der Waals surface area contributed by atoms with E-state index in [9.17, 15) is 4.79 Å². The fourth-order valence-electron chi connectivity index (χ4n) is 3.29. The van der Waals surface area contributed by atoms with Gasteiger partial charge in [-0.1, -0.05) is 22.9 Å². The van der Waals surface area contributed by atoms with Crippen molar-refractivity contribution >= 4 is 11.7 Å². The first kappa shape index (κ1) is 18.9. The molecule has 1 fully saturated rings. The normalized spacial score (nSPS) is 16.5. The number of pyridine rings is 1. The highest BCUT2D eigenvalue weighted by molar-refractivity contribution is 5.89. The Kier molecular flexibility index (Phi) is 5.41. The monoisotopic (exact) mass is 393 g/mol. The van der Waals surface area contributed by atoms with E-state index in [4.69, 9.17) is 9.26 Å². The summed E-state index contributed by atoms with van der Waals surface area (Å²) >= 11 is 0. The Hall–Kier alpha value is -3.42. The highest BCUT2D eigenvalue weighted by atomic mass is 16.5. The molecule has 3 aromatic rings. The molecular weight excluding hydrogens is 370 g/mol. The Balaban J connectivity index is 1.34. The van der Waals surface area contributed by atoms with Gasteiger partial charge >= 0.3 is 6.03 Å². The van der Waals surface area contributed by atoms with Crippen LogP contribution in [0.5, 0.6) is 11.6 Å². The number of nitrogens with one attached hydrogen (secondary N) is 1. The molecule has 0 radical (unpaired) electrons. The molecule has 0 unspecified atom stereocenters. The predicted molar refractivity (Wildman–Crippen MR) is 107 cm³/mol. The van der Waals surface area contributed by atoms with Gasteiger partial charge in [-0.05, 0) is 44.9 Å². The first-order chi connectivity index (χ1) is 14.1. The third-order valence-electron chi connectivity index (χ3n) is 4.83. The average Bonchev–Trinajstić information content (AvgIpc) is 3.18. The summed E-state index contributed by atoms with van der Waals surface area (Å²) in [5.41, 5.74) is 1.78. The van der Waals surface area contributed by atoms with Crippen molar-refractivity contribution in [2.24, 2.45) is 0 Å². The second kappa shape index (κ2) is 8.30. The molecule has 8 heteroatoms. The molecule has 3 heterocycles. The van der Waals surface area contributed by atoms with E-state index in [-0.39, 0.29) is 11.9 Å². The number of hydrogen-bond donors (Lipinski definition) is 1. The molecule has 1 aromatic carbocycles. The van der Waals surface area contributed by atoms with Crippen LogP contribution in [0, 0.1) is 13.8 Å². The summed E-state index contributed by atoms with van der Waals surface area (Å²) < 4.78 is 11.0. The van der Waals surface area contributed by atoms with Crippen molar-refractivity contribution in [1.82, 2.24) is 20.0 Å². The highest BCUT2D eigenvalue weighted by Crippen LogP contribution is 2.26. The van der Waals surface area contributed by atoms with E-state index in [1.54, 1.807) is 30.2 Å². The zero-order chi connectivity index (χ0) is 20.2. The lowest BCUT2D eigenvalue weighted by Crippen LogP contribution is -2.41. The predicted octanol–water partition coefficient (Wildman–Crippen LogP) is 4.29.